The number of anilines is 1. The molecule has 0 unspecified atom stereocenters. The van der Waals surface area contributed by atoms with Crippen molar-refractivity contribution in [2.24, 2.45) is 10.9 Å². The summed E-state index contributed by atoms with van der Waals surface area (Å²) in [6, 6.07) is 5.57. The molecule has 1 aliphatic heterocycles. The molecule has 30 heavy (non-hydrogen) atoms. The molecule has 1 fully saturated rings. The minimum absolute atomic E-state index is 0.0920. The van der Waals surface area contributed by atoms with Gasteiger partial charge in [-0.3, -0.25) is 9.79 Å². The Hall–Kier alpha value is -1.83. The van der Waals surface area contributed by atoms with E-state index in [2.05, 4.69) is 20.9 Å². The van der Waals surface area contributed by atoms with Crippen molar-refractivity contribution >= 4 is 29.2 Å². The van der Waals surface area contributed by atoms with Crippen molar-refractivity contribution in [3.63, 3.8) is 0 Å². The first kappa shape index (κ1) is 24.4. The predicted molar refractivity (Wildman–Crippen MR) is 122 cm³/mol. The molecule has 1 saturated heterocycles. The van der Waals surface area contributed by atoms with Crippen LogP contribution in [0.3, 0.4) is 0 Å². The number of carbonyl (C=O) groups excluding carboxylic acids is 1. The van der Waals surface area contributed by atoms with Gasteiger partial charge in [0.05, 0.1) is 10.7 Å². The van der Waals surface area contributed by atoms with E-state index in [0.717, 1.165) is 51.2 Å². The van der Waals surface area contributed by atoms with Crippen LogP contribution in [-0.4, -0.2) is 57.9 Å². The van der Waals surface area contributed by atoms with Crippen LogP contribution in [0.25, 0.3) is 0 Å². The summed E-state index contributed by atoms with van der Waals surface area (Å²) in [6.07, 6.45) is 3.38. The zero-order chi connectivity index (χ0) is 21.6. The first-order valence-electron chi connectivity index (χ1n) is 10.8. The lowest BCUT2D eigenvalue weighted by molar-refractivity contribution is -0.116. The van der Waals surface area contributed by atoms with Crippen molar-refractivity contribution in [3.8, 4) is 0 Å². The molecule has 0 bridgehead atoms. The van der Waals surface area contributed by atoms with Gasteiger partial charge in [-0.25, -0.2) is 0 Å². The van der Waals surface area contributed by atoms with Crippen LogP contribution in [0.4, 0.5) is 5.69 Å². The highest BCUT2D eigenvalue weighted by atomic mass is 35.5. The third-order valence-electron chi connectivity index (χ3n) is 4.80. The number of nitrogens with one attached hydrogen (secondary N) is 3. The molecule has 1 aromatic carbocycles. The highest BCUT2D eigenvalue weighted by molar-refractivity contribution is 6.33. The van der Waals surface area contributed by atoms with Crippen LogP contribution in [0.1, 0.15) is 38.2 Å². The second-order valence-electron chi connectivity index (χ2n) is 7.45. The number of rotatable bonds is 11. The van der Waals surface area contributed by atoms with Gasteiger partial charge in [0.15, 0.2) is 5.96 Å². The summed E-state index contributed by atoms with van der Waals surface area (Å²) in [5.74, 6) is 1.25. The van der Waals surface area contributed by atoms with Crippen LogP contribution >= 0.6 is 11.6 Å². The quantitative estimate of drug-likeness (QED) is 0.280. The monoisotopic (exact) mass is 438 g/mol. The Balaban J connectivity index is 1.61. The van der Waals surface area contributed by atoms with E-state index in [0.29, 0.717) is 48.7 Å². The smallest absolute Gasteiger partial charge is 0.226 e. The maximum absolute atomic E-state index is 12.2. The third kappa shape index (κ3) is 9.78. The van der Waals surface area contributed by atoms with E-state index in [-0.39, 0.29) is 5.91 Å². The van der Waals surface area contributed by atoms with E-state index in [1.165, 1.54) is 0 Å². The Morgan fingerprint density at radius 1 is 1.30 bits per heavy atom. The number of benzene rings is 1. The van der Waals surface area contributed by atoms with Gasteiger partial charge >= 0.3 is 0 Å². The van der Waals surface area contributed by atoms with Gasteiger partial charge in [-0.2, -0.15) is 0 Å². The Morgan fingerprint density at radius 2 is 2.10 bits per heavy atom. The number of nitrogens with zero attached hydrogens (tertiary/aromatic N) is 1. The average molecular weight is 439 g/mol. The first-order chi connectivity index (χ1) is 14.6. The predicted octanol–water partition coefficient (Wildman–Crippen LogP) is 3.37. The number of ether oxygens (including phenoxy) is 2. The second-order valence-corrected chi connectivity index (χ2v) is 7.86. The molecule has 8 heteroatoms. The number of halogens is 1. The van der Waals surface area contributed by atoms with Gasteiger partial charge in [0.25, 0.3) is 0 Å². The lowest BCUT2D eigenvalue weighted by Gasteiger charge is -2.21. The second kappa shape index (κ2) is 14.2. The van der Waals surface area contributed by atoms with Crippen LogP contribution in [-0.2, 0) is 14.3 Å². The molecule has 3 N–H and O–H groups in total. The molecular weight excluding hydrogens is 404 g/mol. The van der Waals surface area contributed by atoms with E-state index < -0.39 is 0 Å². The molecule has 0 radical (unpaired) electrons. The lowest BCUT2D eigenvalue weighted by Crippen LogP contribution is -2.38. The number of hydrogen-bond donors (Lipinski definition) is 3. The van der Waals surface area contributed by atoms with Crippen molar-refractivity contribution in [2.45, 2.75) is 39.5 Å². The molecule has 0 saturated carbocycles. The van der Waals surface area contributed by atoms with E-state index in [4.69, 9.17) is 21.1 Å². The minimum atomic E-state index is -0.0920. The zero-order valence-corrected chi connectivity index (χ0v) is 18.9. The van der Waals surface area contributed by atoms with Gasteiger partial charge in [0.2, 0.25) is 5.91 Å². The van der Waals surface area contributed by atoms with Crippen LogP contribution in [0.5, 0.6) is 0 Å². The number of aliphatic imine (C=N–C) groups is 1. The fourth-order valence-corrected chi connectivity index (χ4v) is 3.37. The van der Waals surface area contributed by atoms with Gasteiger partial charge in [-0.15, -0.1) is 0 Å². The molecule has 1 amide bonds. The van der Waals surface area contributed by atoms with Crippen molar-refractivity contribution in [1.82, 2.24) is 10.6 Å². The van der Waals surface area contributed by atoms with Crippen molar-refractivity contribution in [1.29, 1.82) is 0 Å². The number of guanidine groups is 1. The van der Waals surface area contributed by atoms with Crippen molar-refractivity contribution < 1.29 is 14.3 Å². The maximum Gasteiger partial charge on any atom is 0.226 e. The summed E-state index contributed by atoms with van der Waals surface area (Å²) < 4.78 is 11.1. The van der Waals surface area contributed by atoms with Gasteiger partial charge < -0.3 is 25.4 Å². The molecule has 0 aromatic heterocycles. The lowest BCUT2D eigenvalue weighted by atomic mass is 10.0. The molecule has 1 aliphatic rings. The van der Waals surface area contributed by atoms with Crippen molar-refractivity contribution in [3.05, 3.63) is 28.8 Å². The van der Waals surface area contributed by atoms with E-state index >= 15 is 0 Å². The largest absolute Gasteiger partial charge is 0.381 e. The normalized spacial score (nSPS) is 15.1. The molecule has 0 spiro atoms. The fraction of sp³-hybridized carbons (Fsp3) is 0.636. The van der Waals surface area contributed by atoms with Crippen molar-refractivity contribution in [2.75, 3.05) is 51.4 Å². The van der Waals surface area contributed by atoms with E-state index in [9.17, 15) is 4.79 Å². The van der Waals surface area contributed by atoms with Gasteiger partial charge in [0, 0.05) is 52.5 Å². The van der Waals surface area contributed by atoms with E-state index in [1.807, 2.05) is 32.0 Å². The molecule has 2 rings (SSSR count). The summed E-state index contributed by atoms with van der Waals surface area (Å²) >= 11 is 6.16. The highest BCUT2D eigenvalue weighted by Gasteiger charge is 2.13. The van der Waals surface area contributed by atoms with Gasteiger partial charge in [-0.1, -0.05) is 17.7 Å². The summed E-state index contributed by atoms with van der Waals surface area (Å²) in [5.41, 5.74) is 1.69. The number of aryl methyl sites for hydroxylation is 1. The number of hydrogen-bond acceptors (Lipinski definition) is 4. The molecular formula is C22H35ClN4O3. The molecule has 0 aliphatic carbocycles. The molecule has 168 valence electrons. The molecule has 1 heterocycles. The van der Waals surface area contributed by atoms with Gasteiger partial charge in [0.1, 0.15) is 0 Å². The minimum Gasteiger partial charge on any atom is -0.381 e. The summed E-state index contributed by atoms with van der Waals surface area (Å²) in [6.45, 7) is 9.12. The molecule has 7 nitrogen and oxygen atoms in total. The van der Waals surface area contributed by atoms with Crippen LogP contribution in [0.15, 0.2) is 23.2 Å². The summed E-state index contributed by atoms with van der Waals surface area (Å²) in [4.78, 5) is 16.7. The average Bonchev–Trinajstić information content (AvgIpc) is 2.73. The topological polar surface area (TPSA) is 84.0 Å². The zero-order valence-electron chi connectivity index (χ0n) is 18.1. The Bertz CT molecular complexity index is 678. The SMILES string of the molecule is CCNC(=NCCCOCC1CCOCC1)NCCC(=O)Nc1ccc(C)cc1Cl. The number of amides is 1. The summed E-state index contributed by atoms with van der Waals surface area (Å²) in [7, 11) is 0. The maximum atomic E-state index is 12.2. The third-order valence-corrected chi connectivity index (χ3v) is 5.11. The molecule has 1 aromatic rings. The Kier molecular flexibility index (Phi) is 11.6. The highest BCUT2D eigenvalue weighted by Crippen LogP contribution is 2.22. The Morgan fingerprint density at radius 3 is 2.83 bits per heavy atom. The first-order valence-corrected chi connectivity index (χ1v) is 11.2. The van der Waals surface area contributed by atoms with E-state index in [1.54, 1.807) is 0 Å². The van der Waals surface area contributed by atoms with Crippen LogP contribution in [0, 0.1) is 12.8 Å². The standard InChI is InChI=1S/C22H35ClN4O3/c1-3-24-22(25-10-4-12-30-16-18-8-13-29-14-9-18)26-11-7-21(28)27-20-6-5-17(2)15-19(20)23/h5-6,15,18H,3-4,7-14,16H2,1-2H3,(H,27,28)(H2,24,25,26). The summed E-state index contributed by atoms with van der Waals surface area (Å²) in [5, 5.41) is 9.78. The van der Waals surface area contributed by atoms with Crippen LogP contribution in [0.2, 0.25) is 5.02 Å². The van der Waals surface area contributed by atoms with Gasteiger partial charge in [-0.05, 0) is 56.7 Å². The molecule has 0 atom stereocenters. The fourth-order valence-electron chi connectivity index (χ4n) is 3.09. The number of carbonyl (C=O) groups is 1. The van der Waals surface area contributed by atoms with Crippen LogP contribution < -0.4 is 16.0 Å². The Labute approximate surface area is 185 Å².